The molecule has 1 N–H and O–H groups in total. The summed E-state index contributed by atoms with van der Waals surface area (Å²) in [5.41, 5.74) is 4.34. The molecule has 2 aromatic rings. The number of hydrogen-bond acceptors (Lipinski definition) is 7. The number of benzene rings is 2. The lowest BCUT2D eigenvalue weighted by Gasteiger charge is -2.08. The largest absolute Gasteiger partial charge is 0.469 e. The predicted molar refractivity (Wildman–Crippen MR) is 103 cm³/mol. The van der Waals surface area contributed by atoms with Crippen molar-refractivity contribution in [3.05, 3.63) is 64.7 Å². The summed E-state index contributed by atoms with van der Waals surface area (Å²) in [5.74, 6) is 0.318. The van der Waals surface area contributed by atoms with Crippen LogP contribution in [0.1, 0.15) is 12.8 Å². The zero-order valence-electron chi connectivity index (χ0n) is 14.3. The Hall–Kier alpha value is -2.87. The van der Waals surface area contributed by atoms with Gasteiger partial charge in [-0.05, 0) is 30.7 Å². The lowest BCUT2D eigenvalue weighted by molar-refractivity contribution is -0.384. The molecule has 0 atom stereocenters. The van der Waals surface area contributed by atoms with Gasteiger partial charge in [0.05, 0.1) is 24.1 Å². The van der Waals surface area contributed by atoms with Crippen LogP contribution in [0.15, 0.2) is 64.6 Å². The van der Waals surface area contributed by atoms with Crippen LogP contribution in [0.3, 0.4) is 0 Å². The van der Waals surface area contributed by atoms with Crippen molar-refractivity contribution in [2.24, 2.45) is 5.10 Å². The molecular weight excluding hydrogens is 354 g/mol. The van der Waals surface area contributed by atoms with Crippen molar-refractivity contribution in [2.75, 3.05) is 18.3 Å². The molecule has 0 radical (unpaired) electrons. The van der Waals surface area contributed by atoms with E-state index in [9.17, 15) is 14.9 Å². The van der Waals surface area contributed by atoms with Crippen LogP contribution < -0.4 is 5.43 Å². The van der Waals surface area contributed by atoms with Gasteiger partial charge in [-0.2, -0.15) is 5.10 Å². The van der Waals surface area contributed by atoms with Crippen molar-refractivity contribution < 1.29 is 14.5 Å². The van der Waals surface area contributed by atoms with E-state index in [1.807, 2.05) is 30.3 Å². The second kappa shape index (κ2) is 10.2. The SMILES string of the molecule is COC(=O)CC/C(CSc1ccccc1)=N\Nc1ccc([N+](=O)[O-])cc1. The van der Waals surface area contributed by atoms with E-state index in [2.05, 4.69) is 15.3 Å². The molecule has 0 aliphatic heterocycles. The van der Waals surface area contributed by atoms with Crippen LogP contribution in [0.25, 0.3) is 0 Å². The summed E-state index contributed by atoms with van der Waals surface area (Å²) in [6.45, 7) is 0. The summed E-state index contributed by atoms with van der Waals surface area (Å²) in [6, 6.07) is 15.9. The van der Waals surface area contributed by atoms with Crippen LogP contribution in [0.5, 0.6) is 0 Å². The topological polar surface area (TPSA) is 93.8 Å². The maximum atomic E-state index is 11.4. The molecule has 0 saturated heterocycles. The highest BCUT2D eigenvalue weighted by Gasteiger charge is 2.08. The van der Waals surface area contributed by atoms with E-state index >= 15 is 0 Å². The molecule has 0 aliphatic carbocycles. The lowest BCUT2D eigenvalue weighted by atomic mass is 10.2. The third-order valence-electron chi connectivity index (χ3n) is 3.42. The number of rotatable bonds is 9. The van der Waals surface area contributed by atoms with Crippen LogP contribution in [-0.4, -0.2) is 29.5 Å². The Morgan fingerprint density at radius 3 is 2.46 bits per heavy atom. The summed E-state index contributed by atoms with van der Waals surface area (Å²) in [5, 5.41) is 15.0. The van der Waals surface area contributed by atoms with Gasteiger partial charge in [-0.25, -0.2) is 0 Å². The third-order valence-corrected chi connectivity index (χ3v) is 4.50. The number of methoxy groups -OCH3 is 1. The minimum Gasteiger partial charge on any atom is -0.469 e. The predicted octanol–water partition coefficient (Wildman–Crippen LogP) is 4.11. The second-order valence-electron chi connectivity index (χ2n) is 5.27. The van der Waals surface area contributed by atoms with Gasteiger partial charge >= 0.3 is 5.97 Å². The van der Waals surface area contributed by atoms with E-state index in [0.29, 0.717) is 17.9 Å². The average molecular weight is 373 g/mol. The summed E-state index contributed by atoms with van der Waals surface area (Å²) >= 11 is 1.62. The van der Waals surface area contributed by atoms with E-state index in [1.54, 1.807) is 23.9 Å². The molecule has 0 aromatic heterocycles. The Labute approximate surface area is 155 Å². The Morgan fingerprint density at radius 1 is 1.15 bits per heavy atom. The quantitative estimate of drug-likeness (QED) is 0.234. The first kappa shape index (κ1) is 19.5. The van der Waals surface area contributed by atoms with E-state index in [4.69, 9.17) is 0 Å². The molecule has 0 amide bonds. The molecule has 0 heterocycles. The number of hydrazone groups is 1. The molecule has 0 unspecified atom stereocenters. The van der Waals surface area contributed by atoms with Crippen molar-refractivity contribution in [3.63, 3.8) is 0 Å². The van der Waals surface area contributed by atoms with E-state index < -0.39 is 4.92 Å². The van der Waals surface area contributed by atoms with E-state index in [1.165, 1.54) is 19.2 Å². The lowest BCUT2D eigenvalue weighted by Crippen LogP contribution is -2.10. The molecule has 2 aromatic carbocycles. The zero-order chi connectivity index (χ0) is 18.8. The number of non-ortho nitro benzene ring substituents is 1. The van der Waals surface area contributed by atoms with Crippen molar-refractivity contribution in [3.8, 4) is 0 Å². The number of carbonyl (C=O) groups is 1. The minimum atomic E-state index is -0.453. The number of nitrogens with zero attached hydrogens (tertiary/aromatic N) is 2. The summed E-state index contributed by atoms with van der Waals surface area (Å²) in [4.78, 5) is 22.7. The van der Waals surface area contributed by atoms with Gasteiger partial charge in [0.2, 0.25) is 0 Å². The molecule has 7 nitrogen and oxygen atoms in total. The van der Waals surface area contributed by atoms with Gasteiger partial charge in [-0.15, -0.1) is 11.8 Å². The molecule has 2 rings (SSSR count). The average Bonchev–Trinajstić information content (AvgIpc) is 2.68. The Bertz CT molecular complexity index is 764. The molecule has 0 aliphatic rings. The number of thioether (sulfide) groups is 1. The van der Waals surface area contributed by atoms with E-state index in [0.717, 1.165) is 10.6 Å². The summed E-state index contributed by atoms with van der Waals surface area (Å²) in [7, 11) is 1.35. The Kier molecular flexibility index (Phi) is 7.63. The fourth-order valence-corrected chi connectivity index (χ4v) is 2.89. The first-order valence-electron chi connectivity index (χ1n) is 7.89. The number of nitro groups is 1. The zero-order valence-corrected chi connectivity index (χ0v) is 15.1. The highest BCUT2D eigenvalue weighted by Crippen LogP contribution is 2.19. The van der Waals surface area contributed by atoms with Crippen LogP contribution in [0.4, 0.5) is 11.4 Å². The van der Waals surface area contributed by atoms with Gasteiger partial charge < -0.3 is 4.74 Å². The van der Waals surface area contributed by atoms with Crippen molar-refractivity contribution in [2.45, 2.75) is 17.7 Å². The van der Waals surface area contributed by atoms with Gasteiger partial charge in [0, 0.05) is 28.5 Å². The summed E-state index contributed by atoms with van der Waals surface area (Å²) in [6.07, 6.45) is 0.707. The van der Waals surface area contributed by atoms with Gasteiger partial charge in [-0.1, -0.05) is 18.2 Å². The monoisotopic (exact) mass is 373 g/mol. The number of hydrogen-bond donors (Lipinski definition) is 1. The van der Waals surface area contributed by atoms with Gasteiger partial charge in [0.1, 0.15) is 0 Å². The van der Waals surface area contributed by atoms with Gasteiger partial charge in [0.25, 0.3) is 5.69 Å². The maximum Gasteiger partial charge on any atom is 0.305 e. The molecule has 0 bridgehead atoms. The molecule has 0 spiro atoms. The summed E-state index contributed by atoms with van der Waals surface area (Å²) < 4.78 is 4.68. The first-order chi connectivity index (χ1) is 12.6. The van der Waals surface area contributed by atoms with Crippen LogP contribution in [-0.2, 0) is 9.53 Å². The van der Waals surface area contributed by atoms with Crippen LogP contribution in [0, 0.1) is 10.1 Å². The molecule has 0 fully saturated rings. The molecule has 0 saturated carbocycles. The van der Waals surface area contributed by atoms with E-state index in [-0.39, 0.29) is 18.1 Å². The third kappa shape index (κ3) is 6.56. The van der Waals surface area contributed by atoms with Crippen molar-refractivity contribution in [1.82, 2.24) is 0 Å². The maximum absolute atomic E-state index is 11.4. The highest BCUT2D eigenvalue weighted by atomic mass is 32.2. The number of anilines is 1. The number of carbonyl (C=O) groups excluding carboxylic acids is 1. The van der Waals surface area contributed by atoms with Crippen LogP contribution in [0.2, 0.25) is 0 Å². The molecule has 26 heavy (non-hydrogen) atoms. The standard InChI is InChI=1S/C18H19N3O4S/c1-25-18(22)12-9-15(13-26-17-5-3-2-4-6-17)20-19-14-7-10-16(11-8-14)21(23)24/h2-8,10-11,19H,9,12-13H2,1H3/b20-15+. The van der Waals surface area contributed by atoms with Gasteiger partial charge in [-0.3, -0.25) is 20.3 Å². The van der Waals surface area contributed by atoms with Crippen molar-refractivity contribution >= 4 is 34.8 Å². The van der Waals surface area contributed by atoms with Gasteiger partial charge in [0.15, 0.2) is 0 Å². The number of ether oxygens (including phenoxy) is 1. The first-order valence-corrected chi connectivity index (χ1v) is 8.87. The fraction of sp³-hybridized carbons (Fsp3) is 0.222. The Balaban J connectivity index is 2.01. The molecule has 8 heteroatoms. The van der Waals surface area contributed by atoms with Crippen LogP contribution >= 0.6 is 11.8 Å². The minimum absolute atomic E-state index is 0.0186. The fourth-order valence-electron chi connectivity index (χ4n) is 1.99. The molecular formula is C18H19N3O4S. The Morgan fingerprint density at radius 2 is 1.85 bits per heavy atom. The smallest absolute Gasteiger partial charge is 0.305 e. The number of nitrogens with one attached hydrogen (secondary N) is 1. The molecule has 136 valence electrons. The van der Waals surface area contributed by atoms with Crippen molar-refractivity contribution in [1.29, 1.82) is 0 Å². The second-order valence-corrected chi connectivity index (χ2v) is 6.32. The number of nitro benzene ring substituents is 1. The normalized spacial score (nSPS) is 11.0. The number of esters is 1. The highest BCUT2D eigenvalue weighted by molar-refractivity contribution is 8.00.